The summed E-state index contributed by atoms with van der Waals surface area (Å²) in [7, 11) is 2.37. The molecule has 0 aliphatic heterocycles. The number of carbonyl (C=O) groups is 1. The van der Waals surface area contributed by atoms with Crippen molar-refractivity contribution in [2.24, 2.45) is 0 Å². The van der Waals surface area contributed by atoms with Gasteiger partial charge in [-0.25, -0.2) is 13.2 Å². The summed E-state index contributed by atoms with van der Waals surface area (Å²) in [5.74, 6) is -0.754. The van der Waals surface area contributed by atoms with Crippen LogP contribution < -0.4 is 0 Å². The zero-order valence-corrected chi connectivity index (χ0v) is 10.7. The molecule has 0 saturated carbocycles. The second-order valence-electron chi connectivity index (χ2n) is 2.55. The van der Waals surface area contributed by atoms with Crippen LogP contribution >= 0.6 is 26.6 Å². The van der Waals surface area contributed by atoms with E-state index in [9.17, 15) is 13.2 Å². The van der Waals surface area contributed by atoms with Gasteiger partial charge in [-0.3, -0.25) is 0 Å². The molecule has 1 aromatic rings. The minimum Gasteiger partial charge on any atom is -0.465 e. The summed E-state index contributed by atoms with van der Waals surface area (Å²) in [6, 6.07) is 4.31. The number of halogens is 2. The van der Waals surface area contributed by atoms with Crippen LogP contribution in [-0.4, -0.2) is 21.5 Å². The molecule has 0 spiro atoms. The number of rotatable bonds is 2. The van der Waals surface area contributed by atoms with E-state index in [-0.39, 0.29) is 14.9 Å². The summed E-state index contributed by atoms with van der Waals surface area (Å²) < 4.78 is 27.1. The molecule has 0 fully saturated rings. The normalized spacial score (nSPS) is 11.1. The molecule has 1 aromatic carbocycles. The van der Waals surface area contributed by atoms with E-state index >= 15 is 0 Å². The smallest absolute Gasteiger partial charge is 0.339 e. The average Bonchev–Trinajstić information content (AvgIpc) is 2.14. The quantitative estimate of drug-likeness (QED) is 0.620. The molecule has 0 N–H and O–H groups in total. The van der Waals surface area contributed by atoms with E-state index in [0.29, 0.717) is 0 Å². The number of hydrogen-bond acceptors (Lipinski definition) is 4. The Morgan fingerprint density at radius 1 is 1.47 bits per heavy atom. The van der Waals surface area contributed by atoms with Crippen LogP contribution in [0.1, 0.15) is 10.4 Å². The number of benzene rings is 1. The Morgan fingerprint density at radius 3 is 2.53 bits per heavy atom. The molecule has 1 rings (SSSR count). The van der Waals surface area contributed by atoms with E-state index < -0.39 is 15.0 Å². The third kappa shape index (κ3) is 2.70. The highest BCUT2D eigenvalue weighted by molar-refractivity contribution is 9.10. The summed E-state index contributed by atoms with van der Waals surface area (Å²) >= 11 is 3.01. The molecule has 0 heterocycles. The molecular formula is C8H6BrClO4S. The first kappa shape index (κ1) is 12.5. The van der Waals surface area contributed by atoms with E-state index in [2.05, 4.69) is 20.7 Å². The van der Waals surface area contributed by atoms with Gasteiger partial charge in [0.15, 0.2) is 0 Å². The Balaban J connectivity index is 3.54. The Bertz CT molecular complexity index is 497. The summed E-state index contributed by atoms with van der Waals surface area (Å²) in [6.07, 6.45) is 0. The maximum absolute atomic E-state index is 11.3. The van der Waals surface area contributed by atoms with Crippen LogP contribution in [0.15, 0.2) is 27.6 Å². The third-order valence-electron chi connectivity index (χ3n) is 1.62. The van der Waals surface area contributed by atoms with E-state index in [4.69, 9.17) is 10.7 Å². The Hall–Kier alpha value is -0.590. The molecule has 0 amide bonds. The number of methoxy groups -OCH3 is 1. The molecule has 0 bridgehead atoms. The van der Waals surface area contributed by atoms with Crippen molar-refractivity contribution in [2.45, 2.75) is 4.90 Å². The lowest BCUT2D eigenvalue weighted by Gasteiger charge is -2.06. The van der Waals surface area contributed by atoms with Gasteiger partial charge in [0.05, 0.1) is 12.7 Å². The zero-order valence-electron chi connectivity index (χ0n) is 7.53. The molecule has 0 saturated heterocycles. The predicted octanol–water partition coefficient (Wildman–Crippen LogP) is 2.16. The van der Waals surface area contributed by atoms with Crippen molar-refractivity contribution in [1.82, 2.24) is 0 Å². The lowest BCUT2D eigenvalue weighted by atomic mass is 10.2. The molecule has 4 nitrogen and oxygen atoms in total. The van der Waals surface area contributed by atoms with Gasteiger partial charge in [0.1, 0.15) is 4.90 Å². The highest BCUT2D eigenvalue weighted by Crippen LogP contribution is 2.28. The highest BCUT2D eigenvalue weighted by atomic mass is 79.9. The van der Waals surface area contributed by atoms with Crippen molar-refractivity contribution < 1.29 is 17.9 Å². The predicted molar refractivity (Wildman–Crippen MR) is 58.5 cm³/mol. The van der Waals surface area contributed by atoms with Crippen molar-refractivity contribution in [3.63, 3.8) is 0 Å². The van der Waals surface area contributed by atoms with Gasteiger partial charge in [-0.15, -0.1) is 0 Å². The lowest BCUT2D eigenvalue weighted by molar-refractivity contribution is 0.0596. The fraction of sp³-hybridized carbons (Fsp3) is 0.125. The molecule has 0 aliphatic rings. The van der Waals surface area contributed by atoms with Crippen molar-refractivity contribution in [3.05, 3.63) is 28.2 Å². The SMILES string of the molecule is COC(=O)c1cccc(Br)c1S(=O)(=O)Cl. The van der Waals surface area contributed by atoms with Crippen LogP contribution in [0.3, 0.4) is 0 Å². The van der Waals surface area contributed by atoms with Gasteiger partial charge in [-0.05, 0) is 28.1 Å². The van der Waals surface area contributed by atoms with Gasteiger partial charge >= 0.3 is 5.97 Å². The van der Waals surface area contributed by atoms with E-state index in [1.165, 1.54) is 18.2 Å². The van der Waals surface area contributed by atoms with Crippen LogP contribution in [-0.2, 0) is 13.8 Å². The van der Waals surface area contributed by atoms with E-state index in [0.717, 1.165) is 7.11 Å². The Morgan fingerprint density at radius 2 is 2.07 bits per heavy atom. The highest BCUT2D eigenvalue weighted by Gasteiger charge is 2.23. The van der Waals surface area contributed by atoms with Gasteiger partial charge in [-0.2, -0.15) is 0 Å². The van der Waals surface area contributed by atoms with Crippen molar-refractivity contribution in [1.29, 1.82) is 0 Å². The fourth-order valence-electron chi connectivity index (χ4n) is 1.03. The molecule has 0 radical (unpaired) electrons. The average molecular weight is 314 g/mol. The lowest BCUT2D eigenvalue weighted by Crippen LogP contribution is -2.08. The van der Waals surface area contributed by atoms with Crippen LogP contribution in [0.4, 0.5) is 0 Å². The summed E-state index contributed by atoms with van der Waals surface area (Å²) in [4.78, 5) is 11.0. The monoisotopic (exact) mass is 312 g/mol. The molecule has 0 atom stereocenters. The van der Waals surface area contributed by atoms with Crippen molar-refractivity contribution >= 4 is 41.6 Å². The minimum absolute atomic E-state index is 0.0955. The van der Waals surface area contributed by atoms with E-state index in [1.54, 1.807) is 0 Å². The standard InChI is InChI=1S/C8H6BrClO4S/c1-14-8(11)5-3-2-4-6(9)7(5)15(10,12)13/h2-4H,1H3. The Labute approximate surface area is 99.7 Å². The van der Waals surface area contributed by atoms with Gasteiger partial charge in [0.25, 0.3) is 9.05 Å². The van der Waals surface area contributed by atoms with Gasteiger partial charge in [0, 0.05) is 15.2 Å². The second-order valence-corrected chi connectivity index (χ2v) is 5.90. The maximum Gasteiger partial charge on any atom is 0.339 e. The summed E-state index contributed by atoms with van der Waals surface area (Å²) in [5.41, 5.74) is -0.0955. The van der Waals surface area contributed by atoms with E-state index in [1.807, 2.05) is 0 Å². The minimum atomic E-state index is -3.99. The largest absolute Gasteiger partial charge is 0.465 e. The maximum atomic E-state index is 11.3. The zero-order chi connectivity index (χ0) is 11.6. The molecule has 7 heteroatoms. The van der Waals surface area contributed by atoms with Crippen LogP contribution in [0.2, 0.25) is 0 Å². The first-order valence-corrected chi connectivity index (χ1v) is 6.79. The number of esters is 1. The summed E-state index contributed by atoms with van der Waals surface area (Å²) in [6.45, 7) is 0. The molecule has 82 valence electrons. The van der Waals surface area contributed by atoms with Crippen LogP contribution in [0, 0.1) is 0 Å². The number of carbonyl (C=O) groups excluding carboxylic acids is 1. The van der Waals surface area contributed by atoms with Crippen molar-refractivity contribution in [2.75, 3.05) is 7.11 Å². The second kappa shape index (κ2) is 4.51. The van der Waals surface area contributed by atoms with Gasteiger partial charge in [0.2, 0.25) is 0 Å². The molecule has 15 heavy (non-hydrogen) atoms. The van der Waals surface area contributed by atoms with Gasteiger partial charge < -0.3 is 4.74 Å². The summed E-state index contributed by atoms with van der Waals surface area (Å²) in [5, 5.41) is 0. The topological polar surface area (TPSA) is 60.4 Å². The third-order valence-corrected chi connectivity index (χ3v) is 3.93. The first-order valence-electron chi connectivity index (χ1n) is 3.69. The number of hydrogen-bond donors (Lipinski definition) is 0. The molecular weight excluding hydrogens is 308 g/mol. The fourth-order valence-corrected chi connectivity index (χ4v) is 3.53. The van der Waals surface area contributed by atoms with Gasteiger partial charge in [-0.1, -0.05) is 6.07 Å². The molecule has 0 aromatic heterocycles. The van der Waals surface area contributed by atoms with Crippen LogP contribution in [0.25, 0.3) is 0 Å². The Kier molecular flexibility index (Phi) is 3.75. The number of ether oxygens (including phenoxy) is 1. The molecule has 0 unspecified atom stereocenters. The van der Waals surface area contributed by atoms with Crippen molar-refractivity contribution in [3.8, 4) is 0 Å². The molecule has 0 aliphatic carbocycles. The van der Waals surface area contributed by atoms with Crippen LogP contribution in [0.5, 0.6) is 0 Å². The first-order chi connectivity index (χ1) is 6.88.